The summed E-state index contributed by atoms with van der Waals surface area (Å²) in [6, 6.07) is 5.78. The van der Waals surface area contributed by atoms with E-state index in [1.165, 1.54) is 0 Å². The number of unbranched alkanes of at least 4 members (excludes halogenated alkanes) is 3. The SMILES string of the molecule is CCS(=O)(=O)N1CCN(CCCCCCC2CNCC3C(=O)N(c4ccc(C#N)c(Cl)c4C)CN23)CC1. The minimum absolute atomic E-state index is 0.0907. The molecule has 0 radical (unpaired) electrons. The fourth-order valence-corrected chi connectivity index (χ4v) is 7.02. The van der Waals surface area contributed by atoms with E-state index in [2.05, 4.69) is 21.2 Å². The number of piperazine rings is 2. The van der Waals surface area contributed by atoms with Gasteiger partial charge in [-0.25, -0.2) is 8.42 Å². The summed E-state index contributed by atoms with van der Waals surface area (Å²) in [5, 5.41) is 13.1. The van der Waals surface area contributed by atoms with Crippen molar-refractivity contribution in [1.29, 1.82) is 5.26 Å². The molecule has 3 aliphatic rings. The zero-order valence-electron chi connectivity index (χ0n) is 22.0. The van der Waals surface area contributed by atoms with Gasteiger partial charge in [-0.05, 0) is 50.9 Å². The minimum Gasteiger partial charge on any atom is -0.313 e. The van der Waals surface area contributed by atoms with Crippen LogP contribution in [-0.2, 0) is 14.8 Å². The number of halogens is 1. The van der Waals surface area contributed by atoms with Crippen molar-refractivity contribution < 1.29 is 13.2 Å². The van der Waals surface area contributed by atoms with Crippen LogP contribution in [0.1, 0.15) is 50.2 Å². The van der Waals surface area contributed by atoms with Gasteiger partial charge in [0.2, 0.25) is 15.9 Å². The van der Waals surface area contributed by atoms with E-state index >= 15 is 0 Å². The van der Waals surface area contributed by atoms with Crippen molar-refractivity contribution in [2.24, 2.45) is 0 Å². The summed E-state index contributed by atoms with van der Waals surface area (Å²) < 4.78 is 25.7. The van der Waals surface area contributed by atoms with E-state index in [0.29, 0.717) is 42.9 Å². The van der Waals surface area contributed by atoms with Crippen LogP contribution >= 0.6 is 11.6 Å². The predicted octanol–water partition coefficient (Wildman–Crippen LogP) is 2.38. The van der Waals surface area contributed by atoms with E-state index in [-0.39, 0.29) is 17.7 Å². The van der Waals surface area contributed by atoms with E-state index in [0.717, 1.165) is 69.5 Å². The fourth-order valence-electron chi connectivity index (χ4n) is 5.73. The first kappa shape index (κ1) is 28.3. The van der Waals surface area contributed by atoms with Crippen molar-refractivity contribution in [2.75, 3.05) is 63.1 Å². The van der Waals surface area contributed by atoms with Crippen molar-refractivity contribution in [1.82, 2.24) is 19.4 Å². The molecule has 0 bridgehead atoms. The highest BCUT2D eigenvalue weighted by atomic mass is 35.5. The van der Waals surface area contributed by atoms with E-state index in [1.807, 2.05) is 17.9 Å². The predicted molar refractivity (Wildman–Crippen MR) is 146 cm³/mol. The Labute approximate surface area is 226 Å². The van der Waals surface area contributed by atoms with Gasteiger partial charge in [-0.1, -0.05) is 30.9 Å². The number of rotatable bonds is 10. The third-order valence-corrected chi connectivity index (χ3v) is 10.4. The Hall–Kier alpha value is -1.74. The number of amides is 1. The molecule has 3 fully saturated rings. The van der Waals surface area contributed by atoms with Gasteiger partial charge in [0.15, 0.2) is 0 Å². The second-order valence-corrected chi connectivity index (χ2v) is 12.9. The molecule has 2 unspecified atom stereocenters. The summed E-state index contributed by atoms with van der Waals surface area (Å²) in [5.74, 6) is 0.269. The number of hydrogen-bond acceptors (Lipinski definition) is 7. The molecule has 0 spiro atoms. The van der Waals surface area contributed by atoms with Crippen LogP contribution in [0.4, 0.5) is 5.69 Å². The summed E-state index contributed by atoms with van der Waals surface area (Å²) in [5.41, 5.74) is 1.99. The van der Waals surface area contributed by atoms with Gasteiger partial charge in [0.05, 0.1) is 23.0 Å². The molecule has 204 valence electrons. The molecule has 1 aromatic carbocycles. The standard InChI is InChI=1S/C26H39ClN6O3S/c1-3-37(35,36)31-14-12-30(13-15-31)11-7-5-4-6-8-22-17-29-18-24-26(34)33(19-32(22)24)23-10-9-21(16-28)25(27)20(23)2/h9-10,22,24,29H,3-8,11-15,17-19H2,1-2H3. The number of hydrogen-bond donors (Lipinski definition) is 1. The molecule has 0 aliphatic carbocycles. The van der Waals surface area contributed by atoms with Crippen LogP contribution in [0.25, 0.3) is 0 Å². The van der Waals surface area contributed by atoms with Crippen LogP contribution in [0.5, 0.6) is 0 Å². The lowest BCUT2D eigenvalue weighted by Crippen LogP contribution is -2.56. The highest BCUT2D eigenvalue weighted by Crippen LogP contribution is 2.34. The summed E-state index contributed by atoms with van der Waals surface area (Å²) in [7, 11) is -3.07. The van der Waals surface area contributed by atoms with Crippen LogP contribution in [0.15, 0.2) is 12.1 Å². The number of carbonyl (C=O) groups is 1. The van der Waals surface area contributed by atoms with E-state index < -0.39 is 10.0 Å². The Kier molecular flexibility index (Phi) is 9.48. The smallest absolute Gasteiger partial charge is 0.246 e. The van der Waals surface area contributed by atoms with Gasteiger partial charge >= 0.3 is 0 Å². The van der Waals surface area contributed by atoms with E-state index in [1.54, 1.807) is 17.3 Å². The van der Waals surface area contributed by atoms with E-state index in [4.69, 9.17) is 11.6 Å². The van der Waals surface area contributed by atoms with Crippen LogP contribution in [0.2, 0.25) is 5.02 Å². The Morgan fingerprint density at radius 2 is 1.84 bits per heavy atom. The average molecular weight is 551 g/mol. The third kappa shape index (κ3) is 6.29. The fraction of sp³-hybridized carbons (Fsp3) is 0.692. The van der Waals surface area contributed by atoms with Gasteiger partial charge in [0.1, 0.15) is 12.1 Å². The quantitative estimate of drug-likeness (QED) is 0.446. The maximum absolute atomic E-state index is 13.3. The molecule has 9 nitrogen and oxygen atoms in total. The normalized spacial score (nSPS) is 23.8. The second-order valence-electron chi connectivity index (χ2n) is 10.3. The molecular formula is C26H39ClN6O3S. The number of fused-ring (bicyclic) bond motifs is 1. The van der Waals surface area contributed by atoms with Crippen LogP contribution in [0, 0.1) is 18.3 Å². The monoisotopic (exact) mass is 550 g/mol. The Balaban J connectivity index is 1.21. The van der Waals surface area contributed by atoms with Gasteiger partial charge in [0.25, 0.3) is 0 Å². The first-order chi connectivity index (χ1) is 17.8. The lowest BCUT2D eigenvalue weighted by molar-refractivity contribution is -0.120. The summed E-state index contributed by atoms with van der Waals surface area (Å²) >= 11 is 6.38. The molecule has 37 heavy (non-hydrogen) atoms. The lowest BCUT2D eigenvalue weighted by Gasteiger charge is -2.36. The Morgan fingerprint density at radius 3 is 2.54 bits per heavy atom. The number of anilines is 1. The summed E-state index contributed by atoms with van der Waals surface area (Å²) in [6.07, 6.45) is 5.60. The molecule has 3 aliphatic heterocycles. The topological polar surface area (TPSA) is 100.0 Å². The first-order valence-electron chi connectivity index (χ1n) is 13.4. The van der Waals surface area contributed by atoms with Crippen molar-refractivity contribution >= 4 is 33.2 Å². The number of nitrogens with one attached hydrogen (secondary N) is 1. The number of nitriles is 1. The van der Waals surface area contributed by atoms with Gasteiger partial charge in [-0.3, -0.25) is 14.6 Å². The van der Waals surface area contributed by atoms with Gasteiger partial charge in [0, 0.05) is 51.0 Å². The molecule has 4 rings (SSSR count). The zero-order valence-corrected chi connectivity index (χ0v) is 23.5. The molecular weight excluding hydrogens is 512 g/mol. The molecule has 3 heterocycles. The molecule has 0 saturated carbocycles. The first-order valence-corrected chi connectivity index (χ1v) is 15.4. The van der Waals surface area contributed by atoms with Gasteiger partial charge < -0.3 is 10.2 Å². The van der Waals surface area contributed by atoms with Crippen molar-refractivity contribution in [3.63, 3.8) is 0 Å². The van der Waals surface area contributed by atoms with Crippen molar-refractivity contribution in [3.05, 3.63) is 28.3 Å². The van der Waals surface area contributed by atoms with Crippen LogP contribution in [0.3, 0.4) is 0 Å². The molecule has 1 N–H and O–H groups in total. The summed E-state index contributed by atoms with van der Waals surface area (Å²) in [4.78, 5) is 19.8. The molecule has 0 aromatic heterocycles. The van der Waals surface area contributed by atoms with Crippen molar-refractivity contribution in [3.8, 4) is 6.07 Å². The second kappa shape index (κ2) is 12.4. The third-order valence-electron chi connectivity index (χ3n) is 8.06. The lowest BCUT2D eigenvalue weighted by atomic mass is 10.0. The van der Waals surface area contributed by atoms with Crippen LogP contribution in [-0.4, -0.2) is 98.7 Å². The maximum Gasteiger partial charge on any atom is 0.246 e. The molecule has 3 saturated heterocycles. The highest BCUT2D eigenvalue weighted by Gasteiger charge is 2.44. The Morgan fingerprint density at radius 1 is 1.11 bits per heavy atom. The van der Waals surface area contributed by atoms with Gasteiger partial charge in [-0.2, -0.15) is 9.57 Å². The minimum atomic E-state index is -3.07. The number of sulfonamides is 1. The van der Waals surface area contributed by atoms with E-state index in [9.17, 15) is 18.5 Å². The van der Waals surface area contributed by atoms with Gasteiger partial charge in [-0.15, -0.1) is 0 Å². The number of benzene rings is 1. The zero-order chi connectivity index (χ0) is 26.6. The number of carbonyl (C=O) groups excluding carboxylic acids is 1. The molecule has 1 aromatic rings. The molecule has 2 atom stereocenters. The molecule has 11 heteroatoms. The number of nitrogens with zero attached hydrogens (tertiary/aromatic N) is 5. The van der Waals surface area contributed by atoms with Crippen molar-refractivity contribution in [2.45, 2.75) is 58.0 Å². The summed E-state index contributed by atoms with van der Waals surface area (Å²) in [6.45, 7) is 9.53. The molecule has 1 amide bonds. The Bertz CT molecular complexity index is 1120. The maximum atomic E-state index is 13.3. The highest BCUT2D eigenvalue weighted by molar-refractivity contribution is 7.89. The van der Waals surface area contributed by atoms with Crippen LogP contribution < -0.4 is 10.2 Å². The average Bonchev–Trinajstić information content (AvgIpc) is 3.24. The largest absolute Gasteiger partial charge is 0.313 e.